The number of pyridine rings is 1. The highest BCUT2D eigenvalue weighted by Gasteiger charge is 2.16. The van der Waals surface area contributed by atoms with Gasteiger partial charge in [0.2, 0.25) is 0 Å². The van der Waals surface area contributed by atoms with Gasteiger partial charge >= 0.3 is 0 Å². The van der Waals surface area contributed by atoms with E-state index in [9.17, 15) is 4.79 Å². The predicted molar refractivity (Wildman–Crippen MR) is 78.2 cm³/mol. The second kappa shape index (κ2) is 8.31. The van der Waals surface area contributed by atoms with Crippen molar-refractivity contribution in [2.45, 2.75) is 20.0 Å². The highest BCUT2D eigenvalue weighted by Crippen LogP contribution is 2.07. The number of hydrogen-bond donors (Lipinski definition) is 1. The van der Waals surface area contributed by atoms with Crippen molar-refractivity contribution >= 4 is 5.91 Å². The molecule has 20 heavy (non-hydrogen) atoms. The highest BCUT2D eigenvalue weighted by molar-refractivity contribution is 5.94. The zero-order chi connectivity index (χ0) is 15.0. The minimum atomic E-state index is -0.167. The Balaban J connectivity index is 2.76. The lowest BCUT2D eigenvalue weighted by Crippen LogP contribution is -2.32. The Morgan fingerprint density at radius 3 is 2.95 bits per heavy atom. The number of likely N-dealkylation sites (N-methyl/N-ethyl adjacent to an activating group) is 1. The molecule has 1 heterocycles. The first kappa shape index (κ1) is 16.2. The summed E-state index contributed by atoms with van der Waals surface area (Å²) in [5, 5.41) is 0. The van der Waals surface area contributed by atoms with E-state index in [1.165, 1.54) is 0 Å². The number of hydrogen-bond acceptors (Lipinski definition) is 4. The minimum absolute atomic E-state index is 0.152. The fourth-order valence-electron chi connectivity index (χ4n) is 1.53. The molecule has 0 aliphatic carbocycles. The molecule has 0 saturated carbocycles. The first-order valence-corrected chi connectivity index (χ1v) is 6.57. The van der Waals surface area contributed by atoms with E-state index in [0.29, 0.717) is 24.4 Å². The molecule has 1 aromatic rings. The Hall–Kier alpha value is -1.90. The van der Waals surface area contributed by atoms with Crippen LogP contribution in [0.4, 0.5) is 0 Å². The van der Waals surface area contributed by atoms with Gasteiger partial charge in [0.15, 0.2) is 0 Å². The molecule has 1 aromatic heterocycles. The van der Waals surface area contributed by atoms with Crippen molar-refractivity contribution < 1.29 is 9.53 Å². The zero-order valence-electron chi connectivity index (χ0n) is 12.2. The molecule has 0 bridgehead atoms. The molecule has 0 atom stereocenters. The van der Waals surface area contributed by atoms with Crippen molar-refractivity contribution in [1.29, 1.82) is 0 Å². The Morgan fingerprint density at radius 2 is 2.30 bits per heavy atom. The summed E-state index contributed by atoms with van der Waals surface area (Å²) in [4.78, 5) is 18.0. The van der Waals surface area contributed by atoms with Crippen LogP contribution in [0.25, 0.3) is 0 Å². The van der Waals surface area contributed by atoms with E-state index in [1.807, 2.05) is 13.8 Å². The van der Waals surface area contributed by atoms with Gasteiger partial charge in [-0.15, -0.1) is 0 Å². The lowest BCUT2D eigenvalue weighted by Gasteiger charge is -2.18. The largest absolute Gasteiger partial charge is 0.377 e. The Bertz CT molecular complexity index is 503. The number of rotatable bonds is 5. The van der Waals surface area contributed by atoms with Gasteiger partial charge < -0.3 is 15.4 Å². The van der Waals surface area contributed by atoms with Gasteiger partial charge in [-0.05, 0) is 26.0 Å². The summed E-state index contributed by atoms with van der Waals surface area (Å²) in [6.07, 6.45) is 1.73. The predicted octanol–water partition coefficient (Wildman–Crippen LogP) is 0.889. The maximum Gasteiger partial charge on any atom is 0.273 e. The van der Waals surface area contributed by atoms with Crippen molar-refractivity contribution in [3.05, 3.63) is 29.6 Å². The van der Waals surface area contributed by atoms with Crippen molar-refractivity contribution in [1.82, 2.24) is 9.88 Å². The number of nitrogens with two attached hydrogens (primary N) is 1. The average molecular weight is 275 g/mol. The standard InChI is InChI=1S/C15H21N3O2/c1-12(2)20-11-10-18(3)15(19)14-13(6-4-8-16)7-5-9-17-14/h5,7,9,12H,8,10-11,16H2,1-3H3. The van der Waals surface area contributed by atoms with E-state index >= 15 is 0 Å². The molecule has 2 N–H and O–H groups in total. The lowest BCUT2D eigenvalue weighted by atomic mass is 10.2. The first-order chi connectivity index (χ1) is 9.56. The number of amides is 1. The number of carbonyl (C=O) groups is 1. The molecule has 0 aliphatic heterocycles. The van der Waals surface area contributed by atoms with Crippen LogP contribution in [0, 0.1) is 11.8 Å². The van der Waals surface area contributed by atoms with Crippen LogP contribution in [0.2, 0.25) is 0 Å². The first-order valence-electron chi connectivity index (χ1n) is 6.57. The number of aromatic nitrogens is 1. The van der Waals surface area contributed by atoms with Crippen molar-refractivity contribution in [2.75, 3.05) is 26.7 Å². The van der Waals surface area contributed by atoms with Crippen LogP contribution in [0.5, 0.6) is 0 Å². The Kier molecular flexibility index (Phi) is 6.71. The quantitative estimate of drug-likeness (QED) is 0.810. The summed E-state index contributed by atoms with van der Waals surface area (Å²) in [6.45, 7) is 5.18. The van der Waals surface area contributed by atoms with Crippen LogP contribution in [-0.4, -0.2) is 48.6 Å². The molecule has 0 saturated heterocycles. The summed E-state index contributed by atoms with van der Waals surface area (Å²) in [5.74, 6) is 5.44. The molecule has 108 valence electrons. The molecule has 0 radical (unpaired) electrons. The van der Waals surface area contributed by atoms with E-state index in [0.717, 1.165) is 0 Å². The van der Waals surface area contributed by atoms with Gasteiger partial charge in [-0.25, -0.2) is 4.98 Å². The van der Waals surface area contributed by atoms with Gasteiger partial charge in [0, 0.05) is 19.8 Å². The summed E-state index contributed by atoms with van der Waals surface area (Å²) in [5.41, 5.74) is 6.29. The summed E-state index contributed by atoms with van der Waals surface area (Å²) < 4.78 is 5.43. The topological polar surface area (TPSA) is 68.5 Å². The molecule has 0 fully saturated rings. The molecule has 0 aromatic carbocycles. The number of ether oxygens (including phenoxy) is 1. The molecular weight excluding hydrogens is 254 g/mol. The van der Waals surface area contributed by atoms with Crippen LogP contribution < -0.4 is 5.73 Å². The average Bonchev–Trinajstić information content (AvgIpc) is 2.44. The summed E-state index contributed by atoms with van der Waals surface area (Å²) >= 11 is 0. The molecular formula is C15H21N3O2. The van der Waals surface area contributed by atoms with E-state index in [-0.39, 0.29) is 18.6 Å². The van der Waals surface area contributed by atoms with Crippen molar-refractivity contribution in [2.24, 2.45) is 5.73 Å². The van der Waals surface area contributed by atoms with Crippen molar-refractivity contribution in [3.63, 3.8) is 0 Å². The second-order valence-corrected chi connectivity index (χ2v) is 4.55. The van der Waals surface area contributed by atoms with Gasteiger partial charge in [0.25, 0.3) is 5.91 Å². The molecule has 1 amide bonds. The maximum absolute atomic E-state index is 12.3. The summed E-state index contributed by atoms with van der Waals surface area (Å²) in [6, 6.07) is 3.51. The van der Waals surface area contributed by atoms with Crippen LogP contribution >= 0.6 is 0 Å². The van der Waals surface area contributed by atoms with Crippen LogP contribution in [0.1, 0.15) is 29.9 Å². The SMILES string of the molecule is CC(C)OCCN(C)C(=O)c1ncccc1C#CCN. The van der Waals surface area contributed by atoms with Crippen LogP contribution in [-0.2, 0) is 4.74 Å². The third-order valence-electron chi connectivity index (χ3n) is 2.56. The fraction of sp³-hybridized carbons (Fsp3) is 0.467. The van der Waals surface area contributed by atoms with Gasteiger partial charge in [-0.1, -0.05) is 11.8 Å². The van der Waals surface area contributed by atoms with Gasteiger partial charge in [0.1, 0.15) is 5.69 Å². The Labute approximate surface area is 120 Å². The molecule has 1 rings (SSSR count). The van der Waals surface area contributed by atoms with Crippen molar-refractivity contribution in [3.8, 4) is 11.8 Å². The van der Waals surface area contributed by atoms with Gasteiger partial charge in [0.05, 0.1) is 24.8 Å². The van der Waals surface area contributed by atoms with E-state index < -0.39 is 0 Å². The molecule has 5 nitrogen and oxygen atoms in total. The lowest BCUT2D eigenvalue weighted by molar-refractivity contribution is 0.0529. The minimum Gasteiger partial charge on any atom is -0.377 e. The van der Waals surface area contributed by atoms with Gasteiger partial charge in [-0.3, -0.25) is 4.79 Å². The smallest absolute Gasteiger partial charge is 0.273 e. The monoisotopic (exact) mass is 275 g/mol. The number of nitrogens with zero attached hydrogens (tertiary/aromatic N) is 2. The fourth-order valence-corrected chi connectivity index (χ4v) is 1.53. The van der Waals surface area contributed by atoms with E-state index in [2.05, 4.69) is 16.8 Å². The van der Waals surface area contributed by atoms with E-state index in [4.69, 9.17) is 10.5 Å². The van der Waals surface area contributed by atoms with Crippen LogP contribution in [0.3, 0.4) is 0 Å². The van der Waals surface area contributed by atoms with E-state index in [1.54, 1.807) is 30.3 Å². The van der Waals surface area contributed by atoms with Gasteiger partial charge in [-0.2, -0.15) is 0 Å². The van der Waals surface area contributed by atoms with Crippen LogP contribution in [0.15, 0.2) is 18.3 Å². The normalized spacial score (nSPS) is 10.1. The molecule has 0 aliphatic rings. The molecule has 0 spiro atoms. The molecule has 0 unspecified atom stereocenters. The highest BCUT2D eigenvalue weighted by atomic mass is 16.5. The second-order valence-electron chi connectivity index (χ2n) is 4.55. The molecule has 5 heteroatoms. The third-order valence-corrected chi connectivity index (χ3v) is 2.56. The third kappa shape index (κ3) is 5.00. The zero-order valence-corrected chi connectivity index (χ0v) is 12.2. The number of carbonyl (C=O) groups excluding carboxylic acids is 1. The maximum atomic E-state index is 12.3. The summed E-state index contributed by atoms with van der Waals surface area (Å²) in [7, 11) is 1.72. The Morgan fingerprint density at radius 1 is 1.55 bits per heavy atom.